The fourth-order valence-electron chi connectivity index (χ4n) is 3.01. The number of benzene rings is 2. The van der Waals surface area contributed by atoms with Gasteiger partial charge in [0.25, 0.3) is 0 Å². The van der Waals surface area contributed by atoms with Gasteiger partial charge < -0.3 is 10.1 Å². The number of carbonyl (C=O) groups excluding carboxylic acids is 1. The molecule has 0 fully saturated rings. The molecule has 0 radical (unpaired) electrons. The second kappa shape index (κ2) is 10.1. The van der Waals surface area contributed by atoms with E-state index < -0.39 is 25.6 Å². The Morgan fingerprint density at radius 1 is 1.03 bits per heavy atom. The van der Waals surface area contributed by atoms with E-state index in [2.05, 4.69) is 15.3 Å². The number of anilines is 2. The van der Waals surface area contributed by atoms with Gasteiger partial charge in [-0.25, -0.2) is 31.6 Å². The highest BCUT2D eigenvalue weighted by molar-refractivity contribution is 7.91. The highest BCUT2D eigenvalue weighted by Crippen LogP contribution is 2.28. The molecule has 0 amide bonds. The summed E-state index contributed by atoms with van der Waals surface area (Å²) in [5.41, 5.74) is 1.87. The van der Waals surface area contributed by atoms with Crippen LogP contribution in [0.2, 0.25) is 0 Å². The van der Waals surface area contributed by atoms with Crippen molar-refractivity contribution in [3.05, 3.63) is 66.4 Å². The third kappa shape index (κ3) is 6.49. The average molecular weight is 502 g/mol. The Hall–Kier alpha value is -3.57. The van der Waals surface area contributed by atoms with Crippen molar-refractivity contribution in [3.8, 4) is 11.1 Å². The number of esters is 1. The maximum atomic E-state index is 12.5. The Morgan fingerprint density at radius 2 is 1.76 bits per heavy atom. The molecule has 1 N–H and O–H groups in total. The molecule has 1 heterocycles. The van der Waals surface area contributed by atoms with Crippen LogP contribution in [0.25, 0.3) is 17.2 Å². The molecule has 3 aromatic rings. The average Bonchev–Trinajstić information content (AvgIpc) is 2.77. The molecular weight excluding hydrogens is 478 g/mol. The van der Waals surface area contributed by atoms with E-state index in [0.29, 0.717) is 16.8 Å². The molecular formula is C23H23N3O6S2. The number of sulfone groups is 2. The minimum absolute atomic E-state index is 0.00631. The van der Waals surface area contributed by atoms with Crippen molar-refractivity contribution in [1.82, 2.24) is 9.97 Å². The predicted octanol–water partition coefficient (Wildman–Crippen LogP) is 3.27. The molecule has 0 spiro atoms. The summed E-state index contributed by atoms with van der Waals surface area (Å²) in [5, 5.41) is 2.65. The van der Waals surface area contributed by atoms with E-state index in [4.69, 9.17) is 4.74 Å². The summed E-state index contributed by atoms with van der Waals surface area (Å²) in [6, 6.07) is 12.9. The summed E-state index contributed by atoms with van der Waals surface area (Å²) in [6.07, 6.45) is 6.36. The number of rotatable bonds is 8. The zero-order chi connectivity index (χ0) is 24.9. The zero-order valence-electron chi connectivity index (χ0n) is 18.7. The lowest BCUT2D eigenvalue weighted by Gasteiger charge is -2.11. The van der Waals surface area contributed by atoms with Crippen LogP contribution in [0, 0.1) is 0 Å². The zero-order valence-corrected chi connectivity index (χ0v) is 20.4. The van der Waals surface area contributed by atoms with Gasteiger partial charge in [-0.15, -0.1) is 0 Å². The second-order valence-corrected chi connectivity index (χ2v) is 11.3. The molecule has 0 saturated heterocycles. The van der Waals surface area contributed by atoms with Gasteiger partial charge in [-0.1, -0.05) is 24.3 Å². The molecule has 2 aromatic carbocycles. The van der Waals surface area contributed by atoms with Gasteiger partial charge in [0.05, 0.1) is 11.5 Å². The summed E-state index contributed by atoms with van der Waals surface area (Å²) < 4.78 is 53.5. The van der Waals surface area contributed by atoms with Crippen molar-refractivity contribution in [3.63, 3.8) is 0 Å². The van der Waals surface area contributed by atoms with Crippen LogP contribution in [0.1, 0.15) is 12.5 Å². The number of nitrogens with zero attached hydrogens (tertiary/aromatic N) is 2. The Morgan fingerprint density at radius 3 is 2.44 bits per heavy atom. The van der Waals surface area contributed by atoms with Gasteiger partial charge in [0.15, 0.2) is 24.7 Å². The monoisotopic (exact) mass is 501 g/mol. The molecule has 3 rings (SSSR count). The van der Waals surface area contributed by atoms with E-state index in [1.165, 1.54) is 24.4 Å². The normalized spacial score (nSPS) is 12.0. The summed E-state index contributed by atoms with van der Waals surface area (Å²) in [4.78, 5) is 20.1. The second-order valence-electron chi connectivity index (χ2n) is 7.32. The fourth-order valence-corrected chi connectivity index (χ4v) is 4.49. The summed E-state index contributed by atoms with van der Waals surface area (Å²) in [6.45, 7) is 1.97. The molecule has 0 saturated carbocycles. The van der Waals surface area contributed by atoms with E-state index in [0.717, 1.165) is 12.5 Å². The number of hydrogen-bond acceptors (Lipinski definition) is 9. The molecule has 0 unspecified atom stereocenters. The van der Waals surface area contributed by atoms with Crippen LogP contribution in [-0.2, 0) is 29.2 Å². The van der Waals surface area contributed by atoms with Crippen molar-refractivity contribution in [2.24, 2.45) is 0 Å². The predicted molar refractivity (Wildman–Crippen MR) is 129 cm³/mol. The van der Waals surface area contributed by atoms with Gasteiger partial charge in [-0.3, -0.25) is 0 Å². The maximum absolute atomic E-state index is 12.5. The Labute approximate surface area is 198 Å². The van der Waals surface area contributed by atoms with Gasteiger partial charge in [0, 0.05) is 36.0 Å². The molecule has 0 aliphatic carbocycles. The fraction of sp³-hybridized carbons (Fsp3) is 0.174. The number of nitrogens with one attached hydrogen (secondary N) is 1. The molecule has 9 nitrogen and oxygen atoms in total. The van der Waals surface area contributed by atoms with Crippen molar-refractivity contribution < 1.29 is 26.4 Å². The number of ether oxygens (including phenoxy) is 1. The van der Waals surface area contributed by atoms with Crippen molar-refractivity contribution in [2.45, 2.75) is 16.8 Å². The SMILES string of the molecule is CCOC(=O)C=Cc1cccc(-c2cnc(Nc3cccc(S(C)(=O)=O)c3)nc2S(C)(=O)=O)c1. The molecule has 11 heteroatoms. The highest BCUT2D eigenvalue weighted by Gasteiger charge is 2.19. The van der Waals surface area contributed by atoms with Crippen LogP contribution in [0.4, 0.5) is 11.6 Å². The van der Waals surface area contributed by atoms with Crippen molar-refractivity contribution >= 4 is 43.4 Å². The van der Waals surface area contributed by atoms with E-state index in [-0.39, 0.29) is 28.0 Å². The topological polar surface area (TPSA) is 132 Å². The maximum Gasteiger partial charge on any atom is 0.330 e. The first-order chi connectivity index (χ1) is 16.0. The lowest BCUT2D eigenvalue weighted by molar-refractivity contribution is -0.137. The van der Waals surface area contributed by atoms with Gasteiger partial charge in [0.2, 0.25) is 5.95 Å². The lowest BCUT2D eigenvalue weighted by atomic mass is 10.1. The number of carbonyl (C=O) groups is 1. The molecule has 0 aliphatic rings. The Kier molecular flexibility index (Phi) is 7.48. The molecule has 178 valence electrons. The van der Waals surface area contributed by atoms with Crippen LogP contribution in [0.15, 0.2) is 70.7 Å². The minimum Gasteiger partial charge on any atom is -0.463 e. The third-order valence-corrected chi connectivity index (χ3v) is 6.64. The van der Waals surface area contributed by atoms with Gasteiger partial charge in [0.1, 0.15) is 0 Å². The van der Waals surface area contributed by atoms with E-state index >= 15 is 0 Å². The van der Waals surface area contributed by atoms with Gasteiger partial charge in [-0.2, -0.15) is 0 Å². The van der Waals surface area contributed by atoms with Crippen molar-refractivity contribution in [2.75, 3.05) is 24.4 Å². The first-order valence-corrected chi connectivity index (χ1v) is 13.8. The van der Waals surface area contributed by atoms with Crippen LogP contribution < -0.4 is 5.32 Å². The summed E-state index contributed by atoms with van der Waals surface area (Å²) in [5.74, 6) is -0.489. The molecule has 0 bridgehead atoms. The van der Waals surface area contributed by atoms with E-state index in [1.54, 1.807) is 49.4 Å². The van der Waals surface area contributed by atoms with Crippen molar-refractivity contribution in [1.29, 1.82) is 0 Å². The van der Waals surface area contributed by atoms with Gasteiger partial charge in [-0.05, 0) is 48.4 Å². The van der Waals surface area contributed by atoms with E-state index in [1.807, 2.05) is 0 Å². The quantitative estimate of drug-likeness (QED) is 0.280. The Balaban J connectivity index is 1.98. The minimum atomic E-state index is -3.75. The molecule has 0 aliphatic heterocycles. The summed E-state index contributed by atoms with van der Waals surface area (Å²) in [7, 11) is -7.17. The first kappa shape index (κ1) is 25.1. The van der Waals surface area contributed by atoms with Crippen LogP contribution >= 0.6 is 0 Å². The van der Waals surface area contributed by atoms with Gasteiger partial charge >= 0.3 is 5.97 Å². The highest BCUT2D eigenvalue weighted by atomic mass is 32.2. The molecule has 1 aromatic heterocycles. The standard InChI is InChI=1S/C23H23N3O6S2/c1-4-32-21(27)12-11-16-7-5-8-17(13-16)20-15-24-23(26-22(20)34(3,30)31)25-18-9-6-10-19(14-18)33(2,28)29/h5-15H,4H2,1-3H3,(H,24,25,26). The lowest BCUT2D eigenvalue weighted by Crippen LogP contribution is -2.08. The summed E-state index contributed by atoms with van der Waals surface area (Å²) >= 11 is 0. The van der Waals surface area contributed by atoms with Crippen LogP contribution in [-0.4, -0.2) is 51.9 Å². The van der Waals surface area contributed by atoms with E-state index in [9.17, 15) is 21.6 Å². The number of aromatic nitrogens is 2. The molecule has 34 heavy (non-hydrogen) atoms. The third-order valence-electron chi connectivity index (χ3n) is 4.52. The molecule has 0 atom stereocenters. The number of hydrogen-bond donors (Lipinski definition) is 1. The van der Waals surface area contributed by atoms with Crippen LogP contribution in [0.5, 0.6) is 0 Å². The smallest absolute Gasteiger partial charge is 0.330 e. The van der Waals surface area contributed by atoms with Crippen LogP contribution in [0.3, 0.4) is 0 Å². The first-order valence-electron chi connectivity index (χ1n) is 10.1. The largest absolute Gasteiger partial charge is 0.463 e. The Bertz CT molecular complexity index is 1470.